The van der Waals surface area contributed by atoms with Gasteiger partial charge in [0.05, 0.1) is 6.26 Å². The van der Waals surface area contributed by atoms with Gasteiger partial charge in [-0.25, -0.2) is 4.79 Å². The number of pyridine rings is 1. The van der Waals surface area contributed by atoms with E-state index in [1.807, 2.05) is 0 Å². The van der Waals surface area contributed by atoms with Crippen LogP contribution < -0.4 is 5.56 Å². The van der Waals surface area contributed by atoms with Crippen LogP contribution >= 0.6 is 0 Å². The molecule has 1 aliphatic rings. The molecular formula is C15H14N2O5. The summed E-state index contributed by atoms with van der Waals surface area (Å²) in [6.07, 6.45) is 1.83. The van der Waals surface area contributed by atoms with Crippen molar-refractivity contribution < 1.29 is 19.1 Å². The molecule has 0 saturated carbocycles. The number of aromatic nitrogens is 1. The zero-order chi connectivity index (χ0) is 15.9. The lowest BCUT2D eigenvalue weighted by molar-refractivity contribution is -0.143. The smallest absolute Gasteiger partial charge is 0.331 e. The fourth-order valence-electron chi connectivity index (χ4n) is 2.70. The van der Waals surface area contributed by atoms with Crippen molar-refractivity contribution >= 4 is 11.9 Å². The second-order valence-corrected chi connectivity index (χ2v) is 5.17. The molecule has 2 N–H and O–H groups in total. The van der Waals surface area contributed by atoms with Crippen molar-refractivity contribution in [2.24, 2.45) is 0 Å². The predicted octanol–water partition coefficient (Wildman–Crippen LogP) is 1.10. The summed E-state index contributed by atoms with van der Waals surface area (Å²) in [6, 6.07) is 3.43. The highest BCUT2D eigenvalue weighted by molar-refractivity contribution is 5.96. The predicted molar refractivity (Wildman–Crippen MR) is 75.6 cm³/mol. The van der Waals surface area contributed by atoms with Crippen LogP contribution in [0.15, 0.2) is 33.7 Å². The Morgan fingerprint density at radius 1 is 1.36 bits per heavy atom. The Kier molecular flexibility index (Phi) is 3.32. The van der Waals surface area contributed by atoms with Gasteiger partial charge in [-0.15, -0.1) is 0 Å². The van der Waals surface area contributed by atoms with E-state index in [1.54, 1.807) is 19.1 Å². The summed E-state index contributed by atoms with van der Waals surface area (Å²) < 4.78 is 5.24. The van der Waals surface area contributed by atoms with E-state index in [1.165, 1.54) is 17.2 Å². The van der Waals surface area contributed by atoms with Gasteiger partial charge in [-0.05, 0) is 25.1 Å². The van der Waals surface area contributed by atoms with E-state index in [2.05, 4.69) is 4.98 Å². The number of carbonyl (C=O) groups is 2. The highest BCUT2D eigenvalue weighted by atomic mass is 16.4. The average Bonchev–Trinajstić information content (AvgIpc) is 2.93. The zero-order valence-corrected chi connectivity index (χ0v) is 11.8. The van der Waals surface area contributed by atoms with Gasteiger partial charge in [0.15, 0.2) is 6.04 Å². The molecule has 114 valence electrons. The Hall–Kier alpha value is -2.83. The Labute approximate surface area is 125 Å². The molecule has 1 unspecified atom stereocenters. The van der Waals surface area contributed by atoms with Crippen LogP contribution in [0.1, 0.15) is 33.4 Å². The number of furan rings is 1. The van der Waals surface area contributed by atoms with Crippen molar-refractivity contribution in [1.82, 2.24) is 9.88 Å². The minimum absolute atomic E-state index is 0.0659. The number of hydrogen-bond acceptors (Lipinski definition) is 4. The molecule has 0 saturated heterocycles. The first-order chi connectivity index (χ1) is 10.5. The molecule has 7 nitrogen and oxygen atoms in total. The van der Waals surface area contributed by atoms with Crippen LogP contribution in [0.2, 0.25) is 0 Å². The fourth-order valence-corrected chi connectivity index (χ4v) is 2.70. The summed E-state index contributed by atoms with van der Waals surface area (Å²) in [7, 11) is 0. The van der Waals surface area contributed by atoms with Gasteiger partial charge in [-0.3, -0.25) is 9.59 Å². The summed E-state index contributed by atoms with van der Waals surface area (Å²) >= 11 is 0. The Balaban J connectivity index is 2.02. The van der Waals surface area contributed by atoms with Crippen LogP contribution in [0.5, 0.6) is 0 Å². The molecule has 22 heavy (non-hydrogen) atoms. The highest BCUT2D eigenvalue weighted by Gasteiger charge is 2.38. The lowest BCUT2D eigenvalue weighted by Gasteiger charge is -2.32. The number of H-pyrrole nitrogens is 1. The van der Waals surface area contributed by atoms with E-state index in [9.17, 15) is 19.5 Å². The van der Waals surface area contributed by atoms with Crippen LogP contribution in [0.4, 0.5) is 0 Å². The van der Waals surface area contributed by atoms with Crippen molar-refractivity contribution in [3.8, 4) is 0 Å². The maximum atomic E-state index is 12.6. The molecule has 7 heteroatoms. The van der Waals surface area contributed by atoms with Crippen LogP contribution in [-0.2, 0) is 11.2 Å². The molecular weight excluding hydrogens is 288 g/mol. The summed E-state index contributed by atoms with van der Waals surface area (Å²) in [6.45, 7) is 1.89. The quantitative estimate of drug-likeness (QED) is 0.864. The topological polar surface area (TPSA) is 104 Å². The van der Waals surface area contributed by atoms with Crippen LogP contribution in [0, 0.1) is 6.92 Å². The lowest BCUT2D eigenvalue weighted by atomic mass is 9.98. The minimum atomic E-state index is -1.15. The number of hydrogen-bond donors (Lipinski definition) is 2. The van der Waals surface area contributed by atoms with Gasteiger partial charge in [-0.1, -0.05) is 0 Å². The van der Waals surface area contributed by atoms with Gasteiger partial charge in [0.1, 0.15) is 11.3 Å². The van der Waals surface area contributed by atoms with Crippen LogP contribution in [0.25, 0.3) is 0 Å². The fraction of sp³-hybridized carbons (Fsp3) is 0.267. The zero-order valence-electron chi connectivity index (χ0n) is 11.8. The standard InChI is InChI=1S/C15H14N2O5/c1-8-2-3-10(13(18)16-8)14(19)17-6-4-11-9(5-7-22-11)12(17)15(20)21/h2-3,5,7,12H,4,6H2,1H3,(H,16,18)(H,20,21). The largest absolute Gasteiger partial charge is 0.479 e. The molecule has 0 radical (unpaired) electrons. The van der Waals surface area contributed by atoms with E-state index < -0.39 is 23.5 Å². The minimum Gasteiger partial charge on any atom is -0.479 e. The number of carboxylic acids is 1. The molecule has 3 rings (SSSR count). The number of aliphatic carboxylic acids is 1. The van der Waals surface area contributed by atoms with Crippen molar-refractivity contribution in [1.29, 1.82) is 0 Å². The number of aryl methyl sites for hydroxylation is 1. The summed E-state index contributed by atoms with van der Waals surface area (Å²) in [4.78, 5) is 39.8. The van der Waals surface area contributed by atoms with Crippen LogP contribution in [-0.4, -0.2) is 33.4 Å². The molecule has 0 spiro atoms. The Bertz CT molecular complexity index is 804. The van der Waals surface area contributed by atoms with Crippen molar-refractivity contribution in [2.45, 2.75) is 19.4 Å². The number of nitrogens with one attached hydrogen (secondary N) is 1. The van der Waals surface area contributed by atoms with Gasteiger partial charge < -0.3 is 19.4 Å². The Morgan fingerprint density at radius 2 is 2.14 bits per heavy atom. The maximum Gasteiger partial charge on any atom is 0.331 e. The number of carbonyl (C=O) groups excluding carboxylic acids is 1. The first-order valence-electron chi connectivity index (χ1n) is 6.79. The monoisotopic (exact) mass is 302 g/mol. The van der Waals surface area contributed by atoms with Gasteiger partial charge in [0.25, 0.3) is 11.5 Å². The third-order valence-electron chi connectivity index (χ3n) is 3.75. The van der Waals surface area contributed by atoms with E-state index in [-0.39, 0.29) is 12.1 Å². The van der Waals surface area contributed by atoms with Gasteiger partial charge in [0, 0.05) is 24.2 Å². The first-order valence-corrected chi connectivity index (χ1v) is 6.79. The molecule has 0 bridgehead atoms. The van der Waals surface area contributed by atoms with Gasteiger partial charge in [0.2, 0.25) is 0 Å². The van der Waals surface area contributed by atoms with E-state index in [0.717, 1.165) is 0 Å². The van der Waals surface area contributed by atoms with Gasteiger partial charge >= 0.3 is 5.97 Å². The third kappa shape index (κ3) is 2.20. The molecule has 2 aromatic rings. The van der Waals surface area contributed by atoms with E-state index >= 15 is 0 Å². The number of rotatable bonds is 2. The number of nitrogens with zero attached hydrogens (tertiary/aromatic N) is 1. The molecule has 1 amide bonds. The molecule has 3 heterocycles. The third-order valence-corrected chi connectivity index (χ3v) is 3.75. The van der Waals surface area contributed by atoms with Crippen molar-refractivity contribution in [3.63, 3.8) is 0 Å². The number of carboxylic acid groups (broad SMARTS) is 1. The van der Waals surface area contributed by atoms with Crippen LogP contribution in [0.3, 0.4) is 0 Å². The summed E-state index contributed by atoms with van der Waals surface area (Å²) in [5, 5.41) is 9.46. The lowest BCUT2D eigenvalue weighted by Crippen LogP contribution is -2.44. The summed E-state index contributed by atoms with van der Waals surface area (Å²) in [5.41, 5.74) is 0.499. The Morgan fingerprint density at radius 3 is 2.82 bits per heavy atom. The van der Waals surface area contributed by atoms with Crippen molar-refractivity contribution in [2.75, 3.05) is 6.54 Å². The number of aromatic amines is 1. The first kappa shape index (κ1) is 14.1. The normalized spacial score (nSPS) is 17.1. The number of fused-ring (bicyclic) bond motifs is 1. The second kappa shape index (κ2) is 5.18. The SMILES string of the molecule is Cc1ccc(C(=O)N2CCc3occc3C2C(=O)O)c(=O)[nH]1. The van der Waals surface area contributed by atoms with E-state index in [0.29, 0.717) is 23.4 Å². The second-order valence-electron chi connectivity index (χ2n) is 5.17. The van der Waals surface area contributed by atoms with Crippen molar-refractivity contribution in [3.05, 3.63) is 57.4 Å². The molecule has 2 aromatic heterocycles. The molecule has 0 fully saturated rings. The molecule has 0 aliphatic carbocycles. The maximum absolute atomic E-state index is 12.6. The highest BCUT2D eigenvalue weighted by Crippen LogP contribution is 2.31. The molecule has 1 atom stereocenters. The molecule has 1 aliphatic heterocycles. The van der Waals surface area contributed by atoms with E-state index in [4.69, 9.17) is 4.42 Å². The molecule has 0 aromatic carbocycles. The number of amides is 1. The summed E-state index contributed by atoms with van der Waals surface area (Å²) in [5.74, 6) is -1.19. The van der Waals surface area contributed by atoms with Gasteiger partial charge in [-0.2, -0.15) is 0 Å². The average molecular weight is 302 g/mol.